The number of ether oxygens (including phenoxy) is 2. The molecule has 0 fully saturated rings. The second-order valence-electron chi connectivity index (χ2n) is 8.37. The molecule has 0 aliphatic carbocycles. The predicted octanol–water partition coefficient (Wildman–Crippen LogP) is 3.93. The maximum Gasteiger partial charge on any atom is 0.338 e. The Balaban J connectivity index is 1.95. The maximum atomic E-state index is 13.7. The summed E-state index contributed by atoms with van der Waals surface area (Å²) in [6.07, 6.45) is 1.81. The van der Waals surface area contributed by atoms with E-state index in [2.05, 4.69) is 18.8 Å². The Morgan fingerprint density at radius 1 is 1.18 bits per heavy atom. The van der Waals surface area contributed by atoms with Crippen molar-refractivity contribution in [2.24, 2.45) is 4.99 Å². The SMILES string of the molecule is CCOC(=O)C1=C(C)N=c2s/c(=C/c3ccccc3OC)c(=O)n2C1c1ccc(C(C)C)cc1. The van der Waals surface area contributed by atoms with Gasteiger partial charge in [0.25, 0.3) is 5.56 Å². The monoisotopic (exact) mass is 476 g/mol. The molecule has 0 spiro atoms. The van der Waals surface area contributed by atoms with E-state index in [-0.39, 0.29) is 12.2 Å². The molecule has 0 amide bonds. The average Bonchev–Trinajstić information content (AvgIpc) is 3.13. The highest BCUT2D eigenvalue weighted by atomic mass is 32.1. The predicted molar refractivity (Wildman–Crippen MR) is 134 cm³/mol. The van der Waals surface area contributed by atoms with Crippen LogP contribution >= 0.6 is 11.3 Å². The van der Waals surface area contributed by atoms with Crippen molar-refractivity contribution in [1.82, 2.24) is 4.57 Å². The molecule has 0 saturated heterocycles. The molecule has 7 heteroatoms. The van der Waals surface area contributed by atoms with Gasteiger partial charge in [-0.1, -0.05) is 67.6 Å². The van der Waals surface area contributed by atoms with E-state index in [0.29, 0.717) is 32.3 Å². The van der Waals surface area contributed by atoms with Crippen LogP contribution in [0.2, 0.25) is 0 Å². The van der Waals surface area contributed by atoms with Crippen molar-refractivity contribution in [3.63, 3.8) is 0 Å². The summed E-state index contributed by atoms with van der Waals surface area (Å²) in [6, 6.07) is 15.0. The number of benzene rings is 2. The Hall–Kier alpha value is -3.45. The van der Waals surface area contributed by atoms with Gasteiger partial charge in [-0.25, -0.2) is 9.79 Å². The highest BCUT2D eigenvalue weighted by Gasteiger charge is 2.33. The summed E-state index contributed by atoms with van der Waals surface area (Å²) >= 11 is 1.30. The zero-order chi connectivity index (χ0) is 24.4. The molecule has 0 saturated carbocycles. The summed E-state index contributed by atoms with van der Waals surface area (Å²) in [7, 11) is 1.60. The van der Waals surface area contributed by atoms with E-state index in [9.17, 15) is 9.59 Å². The van der Waals surface area contributed by atoms with Crippen molar-refractivity contribution in [3.8, 4) is 5.75 Å². The van der Waals surface area contributed by atoms with Gasteiger partial charge >= 0.3 is 5.97 Å². The Bertz CT molecular complexity index is 1430. The van der Waals surface area contributed by atoms with Gasteiger partial charge in [-0.15, -0.1) is 0 Å². The number of hydrogen-bond donors (Lipinski definition) is 0. The average molecular weight is 477 g/mol. The summed E-state index contributed by atoms with van der Waals surface area (Å²) in [5, 5.41) is 0. The van der Waals surface area contributed by atoms with Crippen LogP contribution < -0.4 is 19.6 Å². The second kappa shape index (κ2) is 9.81. The van der Waals surface area contributed by atoms with Crippen molar-refractivity contribution < 1.29 is 14.3 Å². The van der Waals surface area contributed by atoms with Gasteiger partial charge < -0.3 is 9.47 Å². The topological polar surface area (TPSA) is 69.9 Å². The molecule has 2 heterocycles. The minimum atomic E-state index is -0.615. The number of allylic oxidation sites excluding steroid dienone is 1. The summed E-state index contributed by atoms with van der Waals surface area (Å²) in [5.41, 5.74) is 3.56. The maximum absolute atomic E-state index is 13.7. The Morgan fingerprint density at radius 3 is 2.53 bits per heavy atom. The van der Waals surface area contributed by atoms with E-state index in [1.807, 2.05) is 54.6 Å². The third-order valence-electron chi connectivity index (χ3n) is 5.86. The van der Waals surface area contributed by atoms with Crippen LogP contribution in [0.1, 0.15) is 56.3 Å². The first kappa shape index (κ1) is 23.7. The van der Waals surface area contributed by atoms with Crippen LogP contribution in [0.15, 0.2) is 69.6 Å². The minimum absolute atomic E-state index is 0.207. The van der Waals surface area contributed by atoms with E-state index in [1.54, 1.807) is 25.5 Å². The van der Waals surface area contributed by atoms with E-state index in [4.69, 9.17) is 9.47 Å². The number of carbonyl (C=O) groups excluding carboxylic acids is 1. The highest BCUT2D eigenvalue weighted by molar-refractivity contribution is 7.07. The van der Waals surface area contributed by atoms with Crippen molar-refractivity contribution in [2.75, 3.05) is 13.7 Å². The van der Waals surface area contributed by atoms with E-state index in [1.165, 1.54) is 16.9 Å². The lowest BCUT2D eigenvalue weighted by Gasteiger charge is -2.25. The van der Waals surface area contributed by atoms with Gasteiger partial charge in [0.15, 0.2) is 4.80 Å². The van der Waals surface area contributed by atoms with E-state index >= 15 is 0 Å². The van der Waals surface area contributed by atoms with E-state index in [0.717, 1.165) is 11.1 Å². The number of fused-ring (bicyclic) bond motifs is 1. The van der Waals surface area contributed by atoms with Crippen molar-refractivity contribution in [3.05, 3.63) is 96.2 Å². The standard InChI is InChI=1S/C27H28N2O4S/c1-6-33-26(31)23-17(4)28-27-29(24(23)19-13-11-18(12-14-19)16(2)3)25(30)22(34-27)15-20-9-7-8-10-21(20)32-5/h7-16,24H,6H2,1-5H3/b22-15+. The van der Waals surface area contributed by atoms with Crippen LogP contribution in [0.25, 0.3) is 6.08 Å². The molecule has 1 unspecified atom stereocenters. The Labute approximate surface area is 202 Å². The molecular weight excluding hydrogens is 448 g/mol. The van der Waals surface area contributed by atoms with Gasteiger partial charge in [0.05, 0.1) is 35.6 Å². The molecule has 0 N–H and O–H groups in total. The normalized spacial score (nSPS) is 15.8. The molecule has 1 aliphatic heterocycles. The fourth-order valence-electron chi connectivity index (χ4n) is 4.10. The number of thiazole rings is 1. The third kappa shape index (κ3) is 4.35. The molecule has 4 rings (SSSR count). The van der Waals surface area contributed by atoms with Crippen molar-refractivity contribution in [1.29, 1.82) is 0 Å². The molecule has 34 heavy (non-hydrogen) atoms. The summed E-state index contributed by atoms with van der Waals surface area (Å²) in [4.78, 5) is 31.8. The van der Waals surface area contributed by atoms with E-state index < -0.39 is 12.0 Å². The molecule has 1 aliphatic rings. The van der Waals surface area contributed by atoms with Gasteiger partial charge in [-0.2, -0.15) is 0 Å². The van der Waals surface area contributed by atoms with Gasteiger partial charge in [0.1, 0.15) is 5.75 Å². The number of carbonyl (C=O) groups is 1. The molecular formula is C27H28N2O4S. The number of hydrogen-bond acceptors (Lipinski definition) is 6. The molecule has 6 nitrogen and oxygen atoms in total. The van der Waals surface area contributed by atoms with Crippen molar-refractivity contribution >= 4 is 23.4 Å². The first-order valence-corrected chi connectivity index (χ1v) is 12.1. The number of esters is 1. The summed E-state index contributed by atoms with van der Waals surface area (Å²) < 4.78 is 12.9. The number of methoxy groups -OCH3 is 1. The third-order valence-corrected chi connectivity index (χ3v) is 6.84. The second-order valence-corrected chi connectivity index (χ2v) is 9.37. The smallest absolute Gasteiger partial charge is 0.338 e. The lowest BCUT2D eigenvalue weighted by atomic mass is 9.93. The molecule has 0 radical (unpaired) electrons. The molecule has 1 aromatic heterocycles. The molecule has 3 aromatic rings. The van der Waals surface area contributed by atoms with Crippen LogP contribution in [-0.4, -0.2) is 24.3 Å². The number of rotatable bonds is 6. The number of nitrogens with zero attached hydrogens (tertiary/aromatic N) is 2. The van der Waals surface area contributed by atoms with Crippen molar-refractivity contribution in [2.45, 2.75) is 39.7 Å². The van der Waals surface area contributed by atoms with Crippen LogP contribution in [0, 0.1) is 0 Å². The first-order valence-electron chi connectivity index (χ1n) is 11.3. The van der Waals surface area contributed by atoms with Gasteiger partial charge in [-0.3, -0.25) is 9.36 Å². The van der Waals surface area contributed by atoms with Crippen LogP contribution in [-0.2, 0) is 9.53 Å². The molecule has 176 valence electrons. The fourth-order valence-corrected chi connectivity index (χ4v) is 5.13. The number of para-hydroxylation sites is 1. The van der Waals surface area contributed by atoms with Gasteiger partial charge in [-0.05, 0) is 43.0 Å². The lowest BCUT2D eigenvalue weighted by molar-refractivity contribution is -0.139. The zero-order valence-electron chi connectivity index (χ0n) is 20.0. The molecule has 0 bridgehead atoms. The van der Waals surface area contributed by atoms with Gasteiger partial charge in [0.2, 0.25) is 0 Å². The Morgan fingerprint density at radius 2 is 1.88 bits per heavy atom. The first-order chi connectivity index (χ1) is 16.3. The number of aromatic nitrogens is 1. The molecule has 1 atom stereocenters. The zero-order valence-corrected chi connectivity index (χ0v) is 20.8. The highest BCUT2D eigenvalue weighted by Crippen LogP contribution is 2.31. The largest absolute Gasteiger partial charge is 0.496 e. The minimum Gasteiger partial charge on any atom is -0.496 e. The fraction of sp³-hybridized carbons (Fsp3) is 0.296. The quantitative estimate of drug-likeness (QED) is 0.506. The summed E-state index contributed by atoms with van der Waals surface area (Å²) in [5.74, 6) is 0.594. The summed E-state index contributed by atoms with van der Waals surface area (Å²) in [6.45, 7) is 8.06. The molecule has 2 aromatic carbocycles. The van der Waals surface area contributed by atoms with Crippen LogP contribution in [0.3, 0.4) is 0 Å². The van der Waals surface area contributed by atoms with Crippen LogP contribution in [0.5, 0.6) is 5.75 Å². The Kier molecular flexibility index (Phi) is 6.84. The van der Waals surface area contributed by atoms with Gasteiger partial charge in [0, 0.05) is 5.56 Å². The lowest BCUT2D eigenvalue weighted by Crippen LogP contribution is -2.39. The van der Waals surface area contributed by atoms with Crippen LogP contribution in [0.4, 0.5) is 0 Å².